The Kier molecular flexibility index (Phi) is 1.79. The van der Waals surface area contributed by atoms with Crippen LogP contribution in [0.2, 0.25) is 0 Å². The third-order valence-corrected chi connectivity index (χ3v) is 2.73. The lowest BCUT2D eigenvalue weighted by atomic mass is 10.2. The Morgan fingerprint density at radius 3 is 3.00 bits per heavy atom. The lowest BCUT2D eigenvalue weighted by Crippen LogP contribution is -2.08. The maximum Gasteiger partial charge on any atom is 0.135 e. The maximum absolute atomic E-state index is 5.59. The third-order valence-electron chi connectivity index (χ3n) is 2.73. The van der Waals surface area contributed by atoms with Crippen LogP contribution in [0.15, 0.2) is 41.1 Å². The number of nitrogens with zero attached hydrogens (tertiary/aromatic N) is 1. The van der Waals surface area contributed by atoms with Gasteiger partial charge in [0.25, 0.3) is 0 Å². The molecule has 0 bridgehead atoms. The standard InChI is InChI=1S/C12H12N2O/c13-5-7-14-6-3-9-1-2-11-10(12(9)14)4-8-15-11/h1-4,6,8H,5,7,13H2. The molecule has 0 radical (unpaired) electrons. The molecule has 1 aromatic carbocycles. The van der Waals surface area contributed by atoms with Crippen LogP contribution >= 0.6 is 0 Å². The second kappa shape index (κ2) is 3.14. The number of hydrogen-bond acceptors (Lipinski definition) is 2. The van der Waals surface area contributed by atoms with Gasteiger partial charge in [-0.05, 0) is 24.3 Å². The Hall–Kier alpha value is -1.74. The van der Waals surface area contributed by atoms with Crippen LogP contribution in [0.4, 0.5) is 0 Å². The van der Waals surface area contributed by atoms with E-state index in [1.54, 1.807) is 6.26 Å². The molecule has 0 amide bonds. The number of fused-ring (bicyclic) bond motifs is 3. The molecule has 2 N–H and O–H groups in total. The first kappa shape index (κ1) is 8.56. The molecular weight excluding hydrogens is 188 g/mol. The number of hydrogen-bond donors (Lipinski definition) is 1. The Labute approximate surface area is 87.1 Å². The van der Waals surface area contributed by atoms with Crippen molar-refractivity contribution in [3.05, 3.63) is 36.7 Å². The van der Waals surface area contributed by atoms with E-state index in [9.17, 15) is 0 Å². The molecule has 0 saturated heterocycles. The molecule has 76 valence electrons. The van der Waals surface area contributed by atoms with Crippen molar-refractivity contribution >= 4 is 21.9 Å². The van der Waals surface area contributed by atoms with Crippen molar-refractivity contribution in [1.29, 1.82) is 0 Å². The molecule has 0 unspecified atom stereocenters. The second-order valence-electron chi connectivity index (χ2n) is 3.63. The van der Waals surface area contributed by atoms with Gasteiger partial charge in [0.15, 0.2) is 0 Å². The summed E-state index contributed by atoms with van der Waals surface area (Å²) in [5.41, 5.74) is 7.73. The van der Waals surface area contributed by atoms with Crippen LogP contribution in [-0.4, -0.2) is 11.1 Å². The predicted octanol–water partition coefficient (Wildman–Crippen LogP) is 2.35. The van der Waals surface area contributed by atoms with E-state index in [0.29, 0.717) is 6.54 Å². The van der Waals surface area contributed by atoms with Gasteiger partial charge in [0.05, 0.1) is 11.8 Å². The molecule has 0 aliphatic carbocycles. The van der Waals surface area contributed by atoms with E-state index in [4.69, 9.17) is 10.2 Å². The summed E-state index contributed by atoms with van der Waals surface area (Å²) in [6, 6.07) is 8.20. The fraction of sp³-hybridized carbons (Fsp3) is 0.167. The van der Waals surface area contributed by atoms with Crippen molar-refractivity contribution in [2.45, 2.75) is 6.54 Å². The predicted molar refractivity (Wildman–Crippen MR) is 60.8 cm³/mol. The number of benzene rings is 1. The highest BCUT2D eigenvalue weighted by Crippen LogP contribution is 2.26. The molecule has 0 aliphatic rings. The van der Waals surface area contributed by atoms with Gasteiger partial charge in [0.1, 0.15) is 5.58 Å². The Balaban J connectivity index is 2.41. The lowest BCUT2D eigenvalue weighted by Gasteiger charge is -2.03. The molecular formula is C12H12N2O. The second-order valence-corrected chi connectivity index (χ2v) is 3.63. The summed E-state index contributed by atoms with van der Waals surface area (Å²) in [5.74, 6) is 0. The molecule has 0 spiro atoms. The quantitative estimate of drug-likeness (QED) is 0.690. The summed E-state index contributed by atoms with van der Waals surface area (Å²) in [5, 5.41) is 2.39. The van der Waals surface area contributed by atoms with Crippen molar-refractivity contribution < 1.29 is 4.42 Å². The Bertz CT molecular complexity index is 606. The SMILES string of the molecule is NCCn1ccc2ccc3occc3c21. The first-order valence-electron chi connectivity index (χ1n) is 5.05. The van der Waals surface area contributed by atoms with Gasteiger partial charge in [0, 0.05) is 30.1 Å². The van der Waals surface area contributed by atoms with Crippen LogP contribution in [0.5, 0.6) is 0 Å². The maximum atomic E-state index is 5.59. The Morgan fingerprint density at radius 1 is 1.20 bits per heavy atom. The van der Waals surface area contributed by atoms with E-state index >= 15 is 0 Å². The topological polar surface area (TPSA) is 44.1 Å². The molecule has 15 heavy (non-hydrogen) atoms. The van der Waals surface area contributed by atoms with Gasteiger partial charge in [0.2, 0.25) is 0 Å². The third kappa shape index (κ3) is 1.17. The Morgan fingerprint density at radius 2 is 2.13 bits per heavy atom. The van der Waals surface area contributed by atoms with Gasteiger partial charge in [-0.1, -0.05) is 0 Å². The van der Waals surface area contributed by atoms with E-state index in [1.807, 2.05) is 12.1 Å². The van der Waals surface area contributed by atoms with Crippen LogP contribution in [0.25, 0.3) is 21.9 Å². The van der Waals surface area contributed by atoms with Crippen molar-refractivity contribution in [2.75, 3.05) is 6.54 Å². The average Bonchev–Trinajstić information content (AvgIpc) is 2.83. The molecule has 0 atom stereocenters. The molecule has 3 aromatic rings. The average molecular weight is 200 g/mol. The van der Waals surface area contributed by atoms with E-state index in [0.717, 1.165) is 17.5 Å². The highest BCUT2D eigenvalue weighted by molar-refractivity contribution is 6.03. The first-order valence-corrected chi connectivity index (χ1v) is 5.05. The minimum atomic E-state index is 0.651. The summed E-state index contributed by atoms with van der Waals surface area (Å²) in [7, 11) is 0. The van der Waals surface area contributed by atoms with Crippen LogP contribution in [-0.2, 0) is 6.54 Å². The van der Waals surface area contributed by atoms with Crippen LogP contribution in [0.3, 0.4) is 0 Å². The first-order chi connectivity index (χ1) is 7.40. The molecule has 3 heteroatoms. The summed E-state index contributed by atoms with van der Waals surface area (Å²) >= 11 is 0. The normalized spacial score (nSPS) is 11.5. The largest absolute Gasteiger partial charge is 0.464 e. The van der Waals surface area contributed by atoms with Gasteiger partial charge < -0.3 is 14.7 Å². The molecule has 0 fully saturated rings. The van der Waals surface area contributed by atoms with E-state index in [-0.39, 0.29) is 0 Å². The zero-order valence-corrected chi connectivity index (χ0v) is 8.31. The monoisotopic (exact) mass is 200 g/mol. The fourth-order valence-corrected chi connectivity index (χ4v) is 2.07. The summed E-state index contributed by atoms with van der Waals surface area (Å²) in [4.78, 5) is 0. The van der Waals surface area contributed by atoms with Gasteiger partial charge in [-0.25, -0.2) is 0 Å². The van der Waals surface area contributed by atoms with E-state index in [2.05, 4.69) is 22.9 Å². The van der Waals surface area contributed by atoms with Gasteiger partial charge >= 0.3 is 0 Å². The minimum absolute atomic E-state index is 0.651. The van der Waals surface area contributed by atoms with Crippen molar-refractivity contribution in [1.82, 2.24) is 4.57 Å². The summed E-state index contributed by atoms with van der Waals surface area (Å²) in [6.45, 7) is 1.49. The lowest BCUT2D eigenvalue weighted by molar-refractivity contribution is 0.616. The van der Waals surface area contributed by atoms with E-state index < -0.39 is 0 Å². The van der Waals surface area contributed by atoms with Gasteiger partial charge in [-0.2, -0.15) is 0 Å². The van der Waals surface area contributed by atoms with Crippen LogP contribution in [0, 0.1) is 0 Å². The zero-order chi connectivity index (χ0) is 10.3. The number of rotatable bonds is 2. The van der Waals surface area contributed by atoms with Gasteiger partial charge in [-0.3, -0.25) is 0 Å². The number of nitrogens with two attached hydrogens (primary N) is 1. The zero-order valence-electron chi connectivity index (χ0n) is 8.31. The number of furan rings is 1. The highest BCUT2D eigenvalue weighted by atomic mass is 16.3. The van der Waals surface area contributed by atoms with Crippen molar-refractivity contribution in [2.24, 2.45) is 5.73 Å². The smallest absolute Gasteiger partial charge is 0.135 e. The van der Waals surface area contributed by atoms with Crippen molar-refractivity contribution in [3.8, 4) is 0 Å². The number of aromatic nitrogens is 1. The molecule has 3 nitrogen and oxygen atoms in total. The molecule has 0 saturated carbocycles. The van der Waals surface area contributed by atoms with Gasteiger partial charge in [-0.15, -0.1) is 0 Å². The van der Waals surface area contributed by atoms with Crippen molar-refractivity contribution in [3.63, 3.8) is 0 Å². The molecule has 0 aliphatic heterocycles. The summed E-state index contributed by atoms with van der Waals surface area (Å²) < 4.78 is 7.56. The van der Waals surface area contributed by atoms with Crippen LogP contribution in [0.1, 0.15) is 0 Å². The van der Waals surface area contributed by atoms with Crippen LogP contribution < -0.4 is 5.73 Å². The fourth-order valence-electron chi connectivity index (χ4n) is 2.07. The molecule has 2 heterocycles. The highest BCUT2D eigenvalue weighted by Gasteiger charge is 2.06. The van der Waals surface area contributed by atoms with E-state index in [1.165, 1.54) is 10.9 Å². The minimum Gasteiger partial charge on any atom is -0.464 e. The molecule has 3 rings (SSSR count). The molecule has 2 aromatic heterocycles. The summed E-state index contributed by atoms with van der Waals surface area (Å²) in [6.07, 6.45) is 3.80.